The van der Waals surface area contributed by atoms with E-state index < -0.39 is 12.2 Å². The van der Waals surface area contributed by atoms with E-state index >= 15 is 0 Å². The molecule has 14 heavy (non-hydrogen) atoms. The molecule has 0 heterocycles. The van der Waals surface area contributed by atoms with Crippen LogP contribution in [0.5, 0.6) is 0 Å². The van der Waals surface area contributed by atoms with Gasteiger partial charge in [-0.25, -0.2) is 0 Å². The highest BCUT2D eigenvalue weighted by molar-refractivity contribution is 7.98. The van der Waals surface area contributed by atoms with Crippen molar-refractivity contribution in [2.24, 2.45) is 0 Å². The van der Waals surface area contributed by atoms with Crippen LogP contribution in [0.2, 0.25) is 0 Å². The minimum absolute atomic E-state index is 0.0332. The van der Waals surface area contributed by atoms with Gasteiger partial charge in [0, 0.05) is 4.90 Å². The lowest BCUT2D eigenvalue weighted by molar-refractivity contribution is 0.0327. The maximum Gasteiger partial charge on any atom is 0.106 e. The van der Waals surface area contributed by atoms with E-state index in [9.17, 15) is 10.2 Å². The summed E-state index contributed by atoms with van der Waals surface area (Å²) in [7, 11) is 0. The van der Waals surface area contributed by atoms with E-state index in [2.05, 4.69) is 0 Å². The van der Waals surface area contributed by atoms with Crippen LogP contribution in [-0.4, -0.2) is 28.5 Å². The Morgan fingerprint density at radius 1 is 1.29 bits per heavy atom. The molecule has 2 unspecified atom stereocenters. The van der Waals surface area contributed by atoms with E-state index in [0.29, 0.717) is 5.56 Å². The second kappa shape index (κ2) is 5.61. The molecule has 0 aliphatic rings. The molecule has 0 saturated heterocycles. The van der Waals surface area contributed by atoms with Gasteiger partial charge in [0.2, 0.25) is 0 Å². The molecular weight excluding hydrogens is 220 g/mol. The van der Waals surface area contributed by atoms with Gasteiger partial charge >= 0.3 is 0 Å². The lowest BCUT2D eigenvalue weighted by atomic mass is 10.1. The Labute approximate surface area is 92.9 Å². The molecule has 1 rings (SSSR count). The van der Waals surface area contributed by atoms with Gasteiger partial charge in [0.25, 0.3) is 0 Å². The molecule has 1 aromatic rings. The molecule has 0 fully saturated rings. The molecule has 0 aliphatic carbocycles. The molecule has 78 valence electrons. The number of hydrogen-bond donors (Lipinski definition) is 2. The van der Waals surface area contributed by atoms with Crippen molar-refractivity contribution in [2.45, 2.75) is 17.1 Å². The predicted octanol–water partition coefficient (Wildman–Crippen LogP) is 2.04. The normalized spacial score (nSPS) is 15.1. The summed E-state index contributed by atoms with van der Waals surface area (Å²) < 4.78 is 0. The first kappa shape index (κ1) is 11.9. The van der Waals surface area contributed by atoms with Crippen molar-refractivity contribution in [3.63, 3.8) is 0 Å². The molecule has 0 spiro atoms. The molecule has 2 N–H and O–H groups in total. The Bertz CT molecular complexity index is 276. The second-order valence-corrected chi connectivity index (χ2v) is 4.13. The van der Waals surface area contributed by atoms with Crippen LogP contribution in [0, 0.1) is 0 Å². The third kappa shape index (κ3) is 2.89. The van der Waals surface area contributed by atoms with Crippen molar-refractivity contribution in [3.8, 4) is 0 Å². The van der Waals surface area contributed by atoms with Crippen molar-refractivity contribution in [1.82, 2.24) is 0 Å². The van der Waals surface area contributed by atoms with Gasteiger partial charge in [0.15, 0.2) is 0 Å². The van der Waals surface area contributed by atoms with Crippen LogP contribution in [0.25, 0.3) is 0 Å². The van der Waals surface area contributed by atoms with Gasteiger partial charge in [-0.15, -0.1) is 23.4 Å². The van der Waals surface area contributed by atoms with Crippen LogP contribution in [0.4, 0.5) is 0 Å². The fourth-order valence-electron chi connectivity index (χ4n) is 1.11. The summed E-state index contributed by atoms with van der Waals surface area (Å²) in [5.74, 6) is 0.0332. The number of rotatable bonds is 4. The smallest absolute Gasteiger partial charge is 0.106 e. The zero-order valence-corrected chi connectivity index (χ0v) is 9.42. The van der Waals surface area contributed by atoms with Crippen molar-refractivity contribution in [3.05, 3.63) is 29.8 Å². The maximum atomic E-state index is 9.61. The first-order valence-corrected chi connectivity index (χ1v) is 6.01. The third-order valence-corrected chi connectivity index (χ3v) is 3.04. The van der Waals surface area contributed by atoms with Crippen molar-refractivity contribution in [2.75, 3.05) is 12.1 Å². The number of hydrogen-bond acceptors (Lipinski definition) is 3. The SMILES string of the molecule is CSc1ccc(C(O)C(O)CCl)cc1. The Hall–Kier alpha value is -0.220. The third-order valence-electron chi connectivity index (χ3n) is 1.98. The molecule has 0 radical (unpaired) electrons. The summed E-state index contributed by atoms with van der Waals surface area (Å²) in [5.41, 5.74) is 0.691. The number of aliphatic hydroxyl groups excluding tert-OH is 2. The summed E-state index contributed by atoms with van der Waals surface area (Å²) in [6, 6.07) is 7.41. The summed E-state index contributed by atoms with van der Waals surface area (Å²) >= 11 is 7.07. The monoisotopic (exact) mass is 232 g/mol. The Balaban J connectivity index is 2.75. The lowest BCUT2D eigenvalue weighted by Gasteiger charge is -2.15. The van der Waals surface area contributed by atoms with Crippen molar-refractivity contribution >= 4 is 23.4 Å². The molecule has 0 bridgehead atoms. The first-order valence-electron chi connectivity index (χ1n) is 4.25. The van der Waals surface area contributed by atoms with E-state index in [1.54, 1.807) is 23.9 Å². The fraction of sp³-hybridized carbons (Fsp3) is 0.400. The van der Waals surface area contributed by atoms with Crippen LogP contribution < -0.4 is 0 Å². The van der Waals surface area contributed by atoms with Gasteiger partial charge in [0.05, 0.1) is 12.0 Å². The average Bonchev–Trinajstić information content (AvgIpc) is 2.27. The molecule has 0 saturated carbocycles. The number of thioether (sulfide) groups is 1. The van der Waals surface area contributed by atoms with Gasteiger partial charge in [-0.2, -0.15) is 0 Å². The topological polar surface area (TPSA) is 40.5 Å². The van der Waals surface area contributed by atoms with Crippen LogP contribution in [0.15, 0.2) is 29.2 Å². The van der Waals surface area contributed by atoms with Crippen molar-refractivity contribution < 1.29 is 10.2 Å². The molecule has 0 amide bonds. The Morgan fingerprint density at radius 3 is 2.29 bits per heavy atom. The summed E-state index contributed by atoms with van der Waals surface area (Å²) in [6.45, 7) is 0. The van der Waals surface area contributed by atoms with Gasteiger partial charge in [-0.3, -0.25) is 0 Å². The fourth-order valence-corrected chi connectivity index (χ4v) is 1.68. The minimum Gasteiger partial charge on any atom is -0.389 e. The molecular formula is C10H13ClO2S. The van der Waals surface area contributed by atoms with Crippen LogP contribution in [-0.2, 0) is 0 Å². The minimum atomic E-state index is -0.906. The van der Waals surface area contributed by atoms with E-state index in [4.69, 9.17) is 11.6 Å². The number of aliphatic hydroxyl groups is 2. The Morgan fingerprint density at radius 2 is 1.86 bits per heavy atom. The van der Waals surface area contributed by atoms with Gasteiger partial charge in [-0.05, 0) is 24.0 Å². The molecule has 0 aromatic heterocycles. The van der Waals surface area contributed by atoms with E-state index in [-0.39, 0.29) is 5.88 Å². The quantitative estimate of drug-likeness (QED) is 0.617. The zero-order valence-electron chi connectivity index (χ0n) is 7.85. The molecule has 2 atom stereocenters. The number of benzene rings is 1. The van der Waals surface area contributed by atoms with Crippen LogP contribution in [0.1, 0.15) is 11.7 Å². The standard InChI is InChI=1S/C10H13ClO2S/c1-14-8-4-2-7(3-5-8)10(13)9(12)6-11/h2-5,9-10,12-13H,6H2,1H3. The second-order valence-electron chi connectivity index (χ2n) is 2.94. The van der Waals surface area contributed by atoms with Gasteiger partial charge < -0.3 is 10.2 Å². The zero-order chi connectivity index (χ0) is 10.6. The number of alkyl halides is 1. The summed E-state index contributed by atoms with van der Waals surface area (Å²) in [6.07, 6.45) is 0.180. The molecule has 2 nitrogen and oxygen atoms in total. The number of halogens is 1. The molecule has 0 aliphatic heterocycles. The highest BCUT2D eigenvalue weighted by atomic mass is 35.5. The largest absolute Gasteiger partial charge is 0.389 e. The van der Waals surface area contributed by atoms with Crippen LogP contribution >= 0.6 is 23.4 Å². The predicted molar refractivity (Wildman–Crippen MR) is 59.9 cm³/mol. The first-order chi connectivity index (χ1) is 6.69. The highest BCUT2D eigenvalue weighted by Crippen LogP contribution is 2.21. The van der Waals surface area contributed by atoms with Gasteiger partial charge in [-0.1, -0.05) is 12.1 Å². The molecule has 1 aromatic carbocycles. The summed E-state index contributed by atoms with van der Waals surface area (Å²) in [4.78, 5) is 1.13. The van der Waals surface area contributed by atoms with Crippen molar-refractivity contribution in [1.29, 1.82) is 0 Å². The van der Waals surface area contributed by atoms with E-state index in [1.807, 2.05) is 18.4 Å². The van der Waals surface area contributed by atoms with E-state index in [0.717, 1.165) is 4.90 Å². The highest BCUT2D eigenvalue weighted by Gasteiger charge is 2.16. The van der Waals surface area contributed by atoms with Crippen LogP contribution in [0.3, 0.4) is 0 Å². The Kier molecular flexibility index (Phi) is 4.75. The maximum absolute atomic E-state index is 9.61. The van der Waals surface area contributed by atoms with E-state index in [1.165, 1.54) is 0 Å². The van der Waals surface area contributed by atoms with Gasteiger partial charge in [0.1, 0.15) is 6.10 Å². The molecule has 4 heteroatoms. The summed E-state index contributed by atoms with van der Waals surface area (Å²) in [5, 5.41) is 18.9. The average molecular weight is 233 g/mol. The lowest BCUT2D eigenvalue weighted by Crippen LogP contribution is -2.19.